The zero-order valence-corrected chi connectivity index (χ0v) is 16.5. The predicted molar refractivity (Wildman–Crippen MR) is 113 cm³/mol. The van der Waals surface area contributed by atoms with Crippen molar-refractivity contribution >= 4 is 23.1 Å². The van der Waals surface area contributed by atoms with Crippen molar-refractivity contribution in [2.45, 2.75) is 20.0 Å². The zero-order valence-electron chi connectivity index (χ0n) is 16.5. The monoisotopic (exact) mass is 404 g/mol. The van der Waals surface area contributed by atoms with Gasteiger partial charge in [0.1, 0.15) is 5.75 Å². The molecule has 3 aromatic carbocycles. The lowest BCUT2D eigenvalue weighted by molar-refractivity contribution is -0.384. The van der Waals surface area contributed by atoms with Crippen LogP contribution >= 0.6 is 0 Å². The van der Waals surface area contributed by atoms with Crippen LogP contribution < -0.4 is 10.1 Å². The molecule has 0 radical (unpaired) electrons. The quantitative estimate of drug-likeness (QED) is 0.346. The summed E-state index contributed by atoms with van der Waals surface area (Å²) in [5, 5.41) is 13.6. The van der Waals surface area contributed by atoms with Crippen LogP contribution in [0.15, 0.2) is 72.8 Å². The summed E-state index contributed by atoms with van der Waals surface area (Å²) < 4.78 is 5.75. The molecule has 0 aliphatic carbocycles. The van der Waals surface area contributed by atoms with E-state index in [0.717, 1.165) is 5.56 Å². The molecule has 0 fully saturated rings. The number of non-ortho nitro benzene ring substituents is 1. The summed E-state index contributed by atoms with van der Waals surface area (Å²) in [5.74, 6) is -0.222. The fourth-order valence-corrected chi connectivity index (χ4v) is 2.82. The number of carbonyl (C=O) groups is 2. The summed E-state index contributed by atoms with van der Waals surface area (Å²) in [4.78, 5) is 35.3. The highest BCUT2D eigenvalue weighted by atomic mass is 16.6. The van der Waals surface area contributed by atoms with E-state index in [4.69, 9.17) is 4.74 Å². The largest absolute Gasteiger partial charge is 0.482 e. The maximum atomic E-state index is 12.5. The summed E-state index contributed by atoms with van der Waals surface area (Å²) in [6.45, 7) is 3.61. The van der Waals surface area contributed by atoms with Gasteiger partial charge in [-0.2, -0.15) is 0 Å². The summed E-state index contributed by atoms with van der Waals surface area (Å²) >= 11 is 0. The number of nitro groups is 1. The van der Waals surface area contributed by atoms with E-state index in [9.17, 15) is 19.7 Å². The Morgan fingerprint density at radius 3 is 2.37 bits per heavy atom. The van der Waals surface area contributed by atoms with Gasteiger partial charge in [0.05, 0.1) is 4.92 Å². The van der Waals surface area contributed by atoms with Gasteiger partial charge in [0.25, 0.3) is 11.6 Å². The van der Waals surface area contributed by atoms with E-state index in [1.54, 1.807) is 43.3 Å². The first-order valence-corrected chi connectivity index (χ1v) is 9.27. The second-order valence-corrected chi connectivity index (χ2v) is 6.78. The topological polar surface area (TPSA) is 98.5 Å². The number of hydrogen-bond donors (Lipinski definition) is 1. The van der Waals surface area contributed by atoms with Crippen molar-refractivity contribution in [2.24, 2.45) is 0 Å². The number of anilines is 1. The third-order valence-corrected chi connectivity index (χ3v) is 4.43. The number of benzene rings is 3. The molecular formula is C23H20N2O5. The van der Waals surface area contributed by atoms with Crippen LogP contribution in [0.1, 0.15) is 33.2 Å². The smallest absolute Gasteiger partial charge is 0.270 e. The minimum Gasteiger partial charge on any atom is -0.482 e. The zero-order chi connectivity index (χ0) is 21.7. The van der Waals surface area contributed by atoms with Crippen molar-refractivity contribution in [2.75, 3.05) is 5.32 Å². The first-order valence-electron chi connectivity index (χ1n) is 9.27. The van der Waals surface area contributed by atoms with Gasteiger partial charge < -0.3 is 10.1 Å². The number of aryl methyl sites for hydroxylation is 1. The first kappa shape index (κ1) is 20.7. The number of ketones is 1. The standard InChI is InChI=1S/C23H20N2O5/c1-15-9-11-17(12-10-15)22(26)16(2)30-21-8-4-6-19(14-21)24-23(27)18-5-3-7-20(13-18)25(28)29/h3-14,16H,1-2H3,(H,24,27)/t16-/m0/s1. The molecule has 0 saturated heterocycles. The van der Waals surface area contributed by atoms with E-state index >= 15 is 0 Å². The summed E-state index contributed by atoms with van der Waals surface area (Å²) in [7, 11) is 0. The van der Waals surface area contributed by atoms with Crippen LogP contribution in [-0.4, -0.2) is 22.7 Å². The summed E-state index contributed by atoms with van der Waals surface area (Å²) in [6, 6.07) is 19.3. The van der Waals surface area contributed by atoms with Gasteiger partial charge in [-0.15, -0.1) is 0 Å². The fourth-order valence-electron chi connectivity index (χ4n) is 2.82. The Balaban J connectivity index is 1.69. The molecule has 3 aromatic rings. The molecule has 0 bridgehead atoms. The number of ether oxygens (including phenoxy) is 1. The van der Waals surface area contributed by atoms with Crippen LogP contribution in [0.3, 0.4) is 0 Å². The highest BCUT2D eigenvalue weighted by Crippen LogP contribution is 2.21. The average Bonchev–Trinajstić information content (AvgIpc) is 2.74. The molecule has 1 N–H and O–H groups in total. The lowest BCUT2D eigenvalue weighted by Gasteiger charge is -2.15. The van der Waals surface area contributed by atoms with E-state index in [1.807, 2.05) is 19.1 Å². The molecule has 30 heavy (non-hydrogen) atoms. The molecule has 0 unspecified atom stereocenters. The Hall–Kier alpha value is -4.00. The lowest BCUT2D eigenvalue weighted by atomic mass is 10.1. The van der Waals surface area contributed by atoms with E-state index in [-0.39, 0.29) is 17.0 Å². The minimum absolute atomic E-state index is 0.152. The molecule has 1 atom stereocenters. The minimum atomic E-state index is -0.713. The molecule has 0 aliphatic rings. The third-order valence-electron chi connectivity index (χ3n) is 4.43. The number of rotatable bonds is 7. The number of nitrogens with one attached hydrogen (secondary N) is 1. The first-order chi connectivity index (χ1) is 14.3. The van der Waals surface area contributed by atoms with Gasteiger partial charge in [0.2, 0.25) is 5.78 Å². The molecule has 0 saturated carbocycles. The van der Waals surface area contributed by atoms with Gasteiger partial charge in [-0.1, -0.05) is 42.0 Å². The van der Waals surface area contributed by atoms with Gasteiger partial charge in [0.15, 0.2) is 6.10 Å². The van der Waals surface area contributed by atoms with Crippen LogP contribution in [0, 0.1) is 17.0 Å². The molecule has 7 heteroatoms. The molecule has 152 valence electrons. The van der Waals surface area contributed by atoms with E-state index < -0.39 is 16.9 Å². The lowest BCUT2D eigenvalue weighted by Crippen LogP contribution is -2.24. The second-order valence-electron chi connectivity index (χ2n) is 6.78. The predicted octanol–water partition coefficient (Wildman–Crippen LogP) is 4.81. The van der Waals surface area contributed by atoms with Gasteiger partial charge >= 0.3 is 0 Å². The SMILES string of the molecule is Cc1ccc(C(=O)[C@H](C)Oc2cccc(NC(=O)c3cccc([N+](=O)[O-])c3)c2)cc1. The Labute approximate surface area is 173 Å². The van der Waals surface area contributed by atoms with Gasteiger partial charge in [-0.05, 0) is 32.0 Å². The molecule has 0 aromatic heterocycles. The number of nitrogens with zero attached hydrogens (tertiary/aromatic N) is 1. The molecular weight excluding hydrogens is 384 g/mol. The summed E-state index contributed by atoms with van der Waals surface area (Å²) in [6.07, 6.45) is -0.713. The van der Waals surface area contributed by atoms with Crippen molar-refractivity contribution < 1.29 is 19.2 Å². The van der Waals surface area contributed by atoms with E-state index in [1.165, 1.54) is 24.3 Å². The van der Waals surface area contributed by atoms with Crippen LogP contribution in [0.5, 0.6) is 5.75 Å². The number of hydrogen-bond acceptors (Lipinski definition) is 5. The third kappa shape index (κ3) is 5.08. The number of amides is 1. The molecule has 7 nitrogen and oxygen atoms in total. The van der Waals surface area contributed by atoms with Crippen molar-refractivity contribution in [1.29, 1.82) is 0 Å². The Bertz CT molecular complexity index is 1090. The van der Waals surface area contributed by atoms with Crippen LogP contribution in [0.4, 0.5) is 11.4 Å². The molecule has 0 heterocycles. The van der Waals surface area contributed by atoms with Crippen LogP contribution in [0.25, 0.3) is 0 Å². The molecule has 3 rings (SSSR count). The second kappa shape index (κ2) is 9.00. The number of nitro benzene ring substituents is 1. The van der Waals surface area contributed by atoms with Gasteiger partial charge in [-0.3, -0.25) is 19.7 Å². The molecule has 1 amide bonds. The number of Topliss-reactive ketones (excluding diaryl/α,β-unsaturated/α-hetero) is 1. The Morgan fingerprint density at radius 2 is 1.67 bits per heavy atom. The van der Waals surface area contributed by atoms with Crippen LogP contribution in [-0.2, 0) is 0 Å². The Kier molecular flexibility index (Phi) is 6.22. The highest BCUT2D eigenvalue weighted by Gasteiger charge is 2.17. The maximum Gasteiger partial charge on any atom is 0.270 e. The van der Waals surface area contributed by atoms with Crippen molar-refractivity contribution in [1.82, 2.24) is 0 Å². The molecule has 0 aliphatic heterocycles. The van der Waals surface area contributed by atoms with E-state index in [0.29, 0.717) is 17.0 Å². The summed E-state index contributed by atoms with van der Waals surface area (Å²) in [5.41, 5.74) is 2.07. The van der Waals surface area contributed by atoms with Crippen LogP contribution in [0.2, 0.25) is 0 Å². The van der Waals surface area contributed by atoms with Crippen molar-refractivity contribution in [3.05, 3.63) is 99.6 Å². The number of carbonyl (C=O) groups excluding carboxylic acids is 2. The normalized spacial score (nSPS) is 11.4. The van der Waals surface area contributed by atoms with E-state index in [2.05, 4.69) is 5.32 Å². The molecule has 0 spiro atoms. The van der Waals surface area contributed by atoms with Gasteiger partial charge in [0, 0.05) is 35.0 Å². The fraction of sp³-hybridized carbons (Fsp3) is 0.130. The highest BCUT2D eigenvalue weighted by molar-refractivity contribution is 6.04. The van der Waals surface area contributed by atoms with Gasteiger partial charge in [-0.25, -0.2) is 0 Å². The van der Waals surface area contributed by atoms with Crippen molar-refractivity contribution in [3.63, 3.8) is 0 Å². The Morgan fingerprint density at radius 1 is 0.967 bits per heavy atom. The average molecular weight is 404 g/mol. The maximum absolute atomic E-state index is 12.5. The van der Waals surface area contributed by atoms with Crippen molar-refractivity contribution in [3.8, 4) is 5.75 Å².